The second-order valence-corrected chi connectivity index (χ2v) is 4.41. The summed E-state index contributed by atoms with van der Waals surface area (Å²) in [5.41, 5.74) is 3.26. The average molecular weight is 230 g/mol. The molecule has 1 aromatic carbocycles. The average Bonchev–Trinajstić information content (AvgIpc) is 2.76. The fourth-order valence-corrected chi connectivity index (χ4v) is 2.40. The summed E-state index contributed by atoms with van der Waals surface area (Å²) in [5, 5.41) is 3.33. The van der Waals surface area contributed by atoms with Crippen LogP contribution in [-0.2, 0) is 19.5 Å². The second-order valence-electron chi connectivity index (χ2n) is 4.41. The van der Waals surface area contributed by atoms with Crippen molar-refractivity contribution < 1.29 is 4.39 Å². The van der Waals surface area contributed by atoms with Crippen LogP contribution in [0.15, 0.2) is 36.4 Å². The first-order valence-corrected chi connectivity index (χ1v) is 5.96. The van der Waals surface area contributed by atoms with Crippen molar-refractivity contribution in [1.29, 1.82) is 0 Å². The van der Waals surface area contributed by atoms with Gasteiger partial charge in [0.2, 0.25) is 0 Å². The Bertz CT molecular complexity index is 531. The van der Waals surface area contributed by atoms with Crippen molar-refractivity contribution in [2.24, 2.45) is 0 Å². The van der Waals surface area contributed by atoms with Gasteiger partial charge in [0, 0.05) is 37.4 Å². The highest BCUT2D eigenvalue weighted by Crippen LogP contribution is 2.17. The predicted molar refractivity (Wildman–Crippen MR) is 65.3 cm³/mol. The minimum absolute atomic E-state index is 0.114. The van der Waals surface area contributed by atoms with E-state index in [0.29, 0.717) is 6.42 Å². The van der Waals surface area contributed by atoms with Gasteiger partial charge >= 0.3 is 0 Å². The van der Waals surface area contributed by atoms with Crippen LogP contribution in [0.4, 0.5) is 4.39 Å². The van der Waals surface area contributed by atoms with Gasteiger partial charge in [-0.05, 0) is 23.8 Å². The molecule has 0 atom stereocenters. The summed E-state index contributed by atoms with van der Waals surface area (Å²) in [4.78, 5) is 0. The Labute approximate surface area is 100 Å². The predicted octanol–water partition coefficient (Wildman–Crippen LogP) is 2.32. The van der Waals surface area contributed by atoms with E-state index in [2.05, 4.69) is 22.0 Å². The molecule has 1 N–H and O–H groups in total. The van der Waals surface area contributed by atoms with Crippen LogP contribution in [-0.4, -0.2) is 11.1 Å². The monoisotopic (exact) mass is 230 g/mol. The number of nitrogens with one attached hydrogen (secondary N) is 1. The molecule has 3 rings (SSSR count). The minimum Gasteiger partial charge on any atom is -0.346 e. The Balaban J connectivity index is 1.91. The lowest BCUT2D eigenvalue weighted by Gasteiger charge is -2.19. The molecule has 17 heavy (non-hydrogen) atoms. The van der Waals surface area contributed by atoms with Crippen molar-refractivity contribution in [3.63, 3.8) is 0 Å². The van der Waals surface area contributed by atoms with Gasteiger partial charge in [0.1, 0.15) is 5.82 Å². The third-order valence-corrected chi connectivity index (χ3v) is 3.31. The van der Waals surface area contributed by atoms with E-state index in [4.69, 9.17) is 0 Å². The molecule has 2 aromatic rings. The molecule has 0 fully saturated rings. The van der Waals surface area contributed by atoms with E-state index in [9.17, 15) is 4.39 Å². The van der Waals surface area contributed by atoms with Crippen molar-refractivity contribution in [2.75, 3.05) is 6.54 Å². The van der Waals surface area contributed by atoms with E-state index >= 15 is 0 Å². The molecule has 0 saturated heterocycles. The highest BCUT2D eigenvalue weighted by Gasteiger charge is 2.13. The lowest BCUT2D eigenvalue weighted by atomic mass is 10.1. The summed E-state index contributed by atoms with van der Waals surface area (Å²) in [6.45, 7) is 2.88. The molecule has 0 aliphatic carbocycles. The van der Waals surface area contributed by atoms with Gasteiger partial charge in [-0.25, -0.2) is 4.39 Å². The normalized spacial score (nSPS) is 14.6. The molecule has 1 aromatic heterocycles. The molecule has 2 heterocycles. The molecule has 88 valence electrons. The SMILES string of the molecule is Fc1ccccc1Cc1ccc2n1CCNC2. The molecule has 2 nitrogen and oxygen atoms in total. The van der Waals surface area contributed by atoms with Gasteiger partial charge in [0.15, 0.2) is 0 Å². The Morgan fingerprint density at radius 3 is 2.94 bits per heavy atom. The van der Waals surface area contributed by atoms with Crippen molar-refractivity contribution >= 4 is 0 Å². The highest BCUT2D eigenvalue weighted by molar-refractivity contribution is 5.27. The van der Waals surface area contributed by atoms with Gasteiger partial charge in [-0.1, -0.05) is 18.2 Å². The molecule has 0 amide bonds. The van der Waals surface area contributed by atoms with E-state index in [0.717, 1.165) is 25.2 Å². The summed E-state index contributed by atoms with van der Waals surface area (Å²) in [6.07, 6.45) is 0.673. The number of rotatable bonds is 2. The first kappa shape index (κ1) is 10.5. The van der Waals surface area contributed by atoms with E-state index < -0.39 is 0 Å². The quantitative estimate of drug-likeness (QED) is 0.837. The summed E-state index contributed by atoms with van der Waals surface area (Å²) < 4.78 is 15.9. The van der Waals surface area contributed by atoms with Gasteiger partial charge in [-0.3, -0.25) is 0 Å². The van der Waals surface area contributed by atoms with E-state index in [-0.39, 0.29) is 5.82 Å². The van der Waals surface area contributed by atoms with E-state index in [1.807, 2.05) is 12.1 Å². The van der Waals surface area contributed by atoms with Crippen LogP contribution >= 0.6 is 0 Å². The zero-order valence-corrected chi connectivity index (χ0v) is 9.62. The van der Waals surface area contributed by atoms with E-state index in [1.165, 1.54) is 17.5 Å². The van der Waals surface area contributed by atoms with Crippen LogP contribution in [0.1, 0.15) is 17.0 Å². The van der Waals surface area contributed by atoms with Crippen LogP contribution in [0.2, 0.25) is 0 Å². The maximum absolute atomic E-state index is 13.6. The molecule has 1 aliphatic heterocycles. The Morgan fingerprint density at radius 1 is 1.18 bits per heavy atom. The molecule has 0 unspecified atom stereocenters. The van der Waals surface area contributed by atoms with Gasteiger partial charge in [0.25, 0.3) is 0 Å². The molecule has 0 spiro atoms. The summed E-state index contributed by atoms with van der Waals surface area (Å²) >= 11 is 0. The molecular weight excluding hydrogens is 215 g/mol. The Hall–Kier alpha value is -1.61. The smallest absolute Gasteiger partial charge is 0.126 e. The number of benzene rings is 1. The van der Waals surface area contributed by atoms with Crippen LogP contribution in [0.3, 0.4) is 0 Å². The molecular formula is C14H15FN2. The number of aromatic nitrogens is 1. The zero-order chi connectivity index (χ0) is 11.7. The van der Waals surface area contributed by atoms with Crippen molar-refractivity contribution in [3.05, 3.63) is 59.2 Å². The van der Waals surface area contributed by atoms with Crippen LogP contribution in [0, 0.1) is 5.82 Å². The second kappa shape index (κ2) is 4.34. The van der Waals surface area contributed by atoms with Crippen LogP contribution in [0.25, 0.3) is 0 Å². The van der Waals surface area contributed by atoms with Crippen LogP contribution in [0.5, 0.6) is 0 Å². The third-order valence-electron chi connectivity index (χ3n) is 3.31. The molecule has 0 bridgehead atoms. The topological polar surface area (TPSA) is 17.0 Å². The Kier molecular flexibility index (Phi) is 2.69. The summed E-state index contributed by atoms with van der Waals surface area (Å²) in [5.74, 6) is -0.114. The molecule has 3 heteroatoms. The standard InChI is InChI=1S/C14H15FN2/c15-14-4-2-1-3-11(14)9-12-5-6-13-10-16-7-8-17(12)13/h1-6,16H,7-10H2. The van der Waals surface area contributed by atoms with Gasteiger partial charge in [-0.15, -0.1) is 0 Å². The fourth-order valence-electron chi connectivity index (χ4n) is 2.40. The molecule has 0 saturated carbocycles. The zero-order valence-electron chi connectivity index (χ0n) is 9.62. The molecule has 1 aliphatic rings. The Morgan fingerprint density at radius 2 is 2.06 bits per heavy atom. The lowest BCUT2D eigenvalue weighted by molar-refractivity contribution is 0.504. The number of halogens is 1. The van der Waals surface area contributed by atoms with Gasteiger partial charge < -0.3 is 9.88 Å². The van der Waals surface area contributed by atoms with Crippen molar-refractivity contribution in [3.8, 4) is 0 Å². The van der Waals surface area contributed by atoms with Gasteiger partial charge in [0.05, 0.1) is 0 Å². The third kappa shape index (κ3) is 1.98. The number of hydrogen-bond donors (Lipinski definition) is 1. The number of nitrogens with zero attached hydrogens (tertiary/aromatic N) is 1. The van der Waals surface area contributed by atoms with Gasteiger partial charge in [-0.2, -0.15) is 0 Å². The largest absolute Gasteiger partial charge is 0.346 e. The highest BCUT2D eigenvalue weighted by atomic mass is 19.1. The van der Waals surface area contributed by atoms with Crippen molar-refractivity contribution in [1.82, 2.24) is 9.88 Å². The summed E-state index contributed by atoms with van der Waals surface area (Å²) in [6, 6.07) is 11.2. The summed E-state index contributed by atoms with van der Waals surface area (Å²) in [7, 11) is 0. The van der Waals surface area contributed by atoms with Crippen molar-refractivity contribution in [2.45, 2.75) is 19.5 Å². The fraction of sp³-hybridized carbons (Fsp3) is 0.286. The number of fused-ring (bicyclic) bond motifs is 1. The molecule has 0 radical (unpaired) electrons. The van der Waals surface area contributed by atoms with Crippen LogP contribution < -0.4 is 5.32 Å². The maximum atomic E-state index is 13.6. The first-order valence-electron chi connectivity index (χ1n) is 5.96. The first-order chi connectivity index (χ1) is 8.34. The van der Waals surface area contributed by atoms with E-state index in [1.54, 1.807) is 6.07 Å². The number of hydrogen-bond acceptors (Lipinski definition) is 1. The lowest BCUT2D eigenvalue weighted by Crippen LogP contribution is -2.28. The maximum Gasteiger partial charge on any atom is 0.126 e. The minimum atomic E-state index is -0.114.